The van der Waals surface area contributed by atoms with Crippen LogP contribution in [0.4, 0.5) is 5.69 Å². The highest BCUT2D eigenvalue weighted by atomic mass is 35.5. The summed E-state index contributed by atoms with van der Waals surface area (Å²) in [6.45, 7) is 0. The Kier molecular flexibility index (Phi) is 3.57. The Bertz CT molecular complexity index is 424. The van der Waals surface area contributed by atoms with E-state index in [1.807, 2.05) is 18.2 Å². The number of fused-ring (bicyclic) bond motifs is 1. The molecular formula is C13H18ClN3. The zero-order valence-corrected chi connectivity index (χ0v) is 10.5. The summed E-state index contributed by atoms with van der Waals surface area (Å²) in [5.41, 5.74) is 8.18. The lowest BCUT2D eigenvalue weighted by molar-refractivity contribution is 0.467. The molecule has 1 aromatic rings. The van der Waals surface area contributed by atoms with Gasteiger partial charge in [0, 0.05) is 11.3 Å². The summed E-state index contributed by atoms with van der Waals surface area (Å²) in [5.74, 6) is 1.35. The molecule has 2 aliphatic rings. The van der Waals surface area contributed by atoms with Crippen molar-refractivity contribution in [2.24, 2.45) is 16.6 Å². The molecule has 1 aliphatic heterocycles. The summed E-state index contributed by atoms with van der Waals surface area (Å²) in [6, 6.07) is 8.14. The van der Waals surface area contributed by atoms with E-state index in [0.29, 0.717) is 11.8 Å². The number of amidine groups is 1. The second kappa shape index (κ2) is 4.96. The van der Waals surface area contributed by atoms with Crippen LogP contribution in [0.3, 0.4) is 0 Å². The predicted molar refractivity (Wildman–Crippen MR) is 73.8 cm³/mol. The average Bonchev–Trinajstić information content (AvgIpc) is 2.82. The highest BCUT2D eigenvalue weighted by molar-refractivity contribution is 6.03. The second-order valence-corrected chi connectivity index (χ2v) is 4.69. The van der Waals surface area contributed by atoms with Crippen molar-refractivity contribution in [1.82, 2.24) is 0 Å². The molecule has 4 heteroatoms. The van der Waals surface area contributed by atoms with E-state index < -0.39 is 0 Å². The van der Waals surface area contributed by atoms with Crippen LogP contribution in [0.5, 0.6) is 0 Å². The molecule has 1 fully saturated rings. The van der Waals surface area contributed by atoms with Gasteiger partial charge in [-0.25, -0.2) is 4.99 Å². The molecular weight excluding hydrogens is 234 g/mol. The third kappa shape index (κ3) is 2.25. The van der Waals surface area contributed by atoms with Gasteiger partial charge in [-0.05, 0) is 30.9 Å². The molecule has 1 saturated carbocycles. The number of hydrogen-bond donors (Lipinski definition) is 2. The fourth-order valence-electron chi connectivity index (χ4n) is 2.74. The maximum absolute atomic E-state index is 6.01. The maximum Gasteiger partial charge on any atom is 0.130 e. The van der Waals surface area contributed by atoms with Crippen LogP contribution in [0.2, 0.25) is 0 Å². The number of aliphatic imine (C=N–C) groups is 1. The van der Waals surface area contributed by atoms with Gasteiger partial charge in [-0.2, -0.15) is 0 Å². The van der Waals surface area contributed by atoms with Crippen LogP contribution < -0.4 is 11.1 Å². The Hall–Kier alpha value is -1.22. The summed E-state index contributed by atoms with van der Waals surface area (Å²) < 4.78 is 0. The van der Waals surface area contributed by atoms with E-state index in [4.69, 9.17) is 5.73 Å². The highest BCUT2D eigenvalue weighted by Gasteiger charge is 2.28. The molecule has 3 N–H and O–H groups in total. The minimum Gasteiger partial charge on any atom is -0.383 e. The number of anilines is 1. The van der Waals surface area contributed by atoms with Crippen molar-refractivity contribution in [2.75, 3.05) is 5.32 Å². The van der Waals surface area contributed by atoms with Crippen molar-refractivity contribution >= 4 is 23.9 Å². The molecule has 1 heterocycles. The number of nitrogens with one attached hydrogen (secondary N) is 1. The summed E-state index contributed by atoms with van der Waals surface area (Å²) in [5, 5.41) is 3.50. The molecule has 1 unspecified atom stereocenters. The molecule has 0 spiro atoms. The monoisotopic (exact) mass is 251 g/mol. The fourth-order valence-corrected chi connectivity index (χ4v) is 2.74. The Morgan fingerprint density at radius 3 is 2.65 bits per heavy atom. The molecule has 0 saturated heterocycles. The predicted octanol–water partition coefficient (Wildman–Crippen LogP) is 2.76. The van der Waals surface area contributed by atoms with Crippen LogP contribution in [0.25, 0.3) is 0 Å². The fraction of sp³-hybridized carbons (Fsp3) is 0.462. The highest BCUT2D eigenvalue weighted by Crippen LogP contribution is 2.32. The lowest BCUT2D eigenvalue weighted by Gasteiger charge is -2.27. The van der Waals surface area contributed by atoms with Crippen molar-refractivity contribution < 1.29 is 0 Å². The smallest absolute Gasteiger partial charge is 0.130 e. The Morgan fingerprint density at radius 1 is 1.18 bits per heavy atom. The Morgan fingerprint density at radius 2 is 1.88 bits per heavy atom. The van der Waals surface area contributed by atoms with Crippen LogP contribution in [0, 0.1) is 5.92 Å². The minimum atomic E-state index is 0. The summed E-state index contributed by atoms with van der Waals surface area (Å²) in [4.78, 5) is 4.59. The van der Waals surface area contributed by atoms with Gasteiger partial charge in [0.25, 0.3) is 0 Å². The van der Waals surface area contributed by atoms with Crippen molar-refractivity contribution in [3.8, 4) is 0 Å². The number of halogens is 1. The van der Waals surface area contributed by atoms with Crippen LogP contribution in [-0.2, 0) is 0 Å². The largest absolute Gasteiger partial charge is 0.383 e. The summed E-state index contributed by atoms with van der Waals surface area (Å²) >= 11 is 0. The van der Waals surface area contributed by atoms with E-state index in [1.54, 1.807) is 0 Å². The van der Waals surface area contributed by atoms with Gasteiger partial charge < -0.3 is 11.1 Å². The van der Waals surface area contributed by atoms with Gasteiger partial charge in [-0.3, -0.25) is 0 Å². The third-order valence-electron chi connectivity index (χ3n) is 3.63. The molecule has 1 aliphatic carbocycles. The third-order valence-corrected chi connectivity index (χ3v) is 3.63. The molecule has 0 aromatic heterocycles. The van der Waals surface area contributed by atoms with E-state index in [2.05, 4.69) is 16.4 Å². The van der Waals surface area contributed by atoms with Crippen molar-refractivity contribution in [3.05, 3.63) is 29.8 Å². The van der Waals surface area contributed by atoms with Crippen molar-refractivity contribution in [1.29, 1.82) is 0 Å². The number of para-hydroxylation sites is 1. The molecule has 3 nitrogen and oxygen atoms in total. The zero-order chi connectivity index (χ0) is 11.0. The molecule has 1 aromatic carbocycles. The van der Waals surface area contributed by atoms with Crippen LogP contribution in [0.1, 0.15) is 31.2 Å². The Labute approximate surface area is 108 Å². The van der Waals surface area contributed by atoms with Crippen LogP contribution in [0.15, 0.2) is 29.3 Å². The van der Waals surface area contributed by atoms with E-state index in [0.717, 1.165) is 11.3 Å². The van der Waals surface area contributed by atoms with Crippen LogP contribution >= 0.6 is 12.4 Å². The lowest BCUT2D eigenvalue weighted by Crippen LogP contribution is -2.34. The van der Waals surface area contributed by atoms with E-state index in [1.165, 1.54) is 25.7 Å². The normalized spacial score (nSPS) is 23.3. The molecule has 0 bridgehead atoms. The van der Waals surface area contributed by atoms with Crippen molar-refractivity contribution in [2.45, 2.75) is 31.8 Å². The van der Waals surface area contributed by atoms with E-state index in [-0.39, 0.29) is 18.6 Å². The van der Waals surface area contributed by atoms with Gasteiger partial charge in [0.2, 0.25) is 0 Å². The van der Waals surface area contributed by atoms with E-state index >= 15 is 0 Å². The number of nitrogens with zero attached hydrogens (tertiary/aromatic N) is 1. The SMILES string of the molecule is Cl.NC1=NC(C2CCCC2)Nc2ccccc21. The molecule has 3 rings (SSSR count). The number of benzene rings is 1. The van der Waals surface area contributed by atoms with Gasteiger partial charge in [0.15, 0.2) is 0 Å². The first kappa shape index (κ1) is 12.2. The molecule has 17 heavy (non-hydrogen) atoms. The first-order valence-corrected chi connectivity index (χ1v) is 6.04. The van der Waals surface area contributed by atoms with Crippen LogP contribution in [-0.4, -0.2) is 12.0 Å². The molecule has 0 radical (unpaired) electrons. The maximum atomic E-state index is 6.01. The lowest BCUT2D eigenvalue weighted by atomic mass is 10.0. The average molecular weight is 252 g/mol. The molecule has 1 atom stereocenters. The van der Waals surface area contributed by atoms with Gasteiger partial charge in [0.05, 0.1) is 0 Å². The van der Waals surface area contributed by atoms with Gasteiger partial charge in [0.1, 0.15) is 12.0 Å². The summed E-state index contributed by atoms with van der Waals surface area (Å²) in [6.07, 6.45) is 5.41. The van der Waals surface area contributed by atoms with Gasteiger partial charge in [-0.1, -0.05) is 25.0 Å². The zero-order valence-electron chi connectivity index (χ0n) is 9.73. The standard InChI is InChI=1S/C13H17N3.ClH/c14-12-10-7-3-4-8-11(10)15-13(16-12)9-5-1-2-6-9;/h3-4,7-9,13,15H,1-2,5-6H2,(H2,14,16);1H. The Balaban J connectivity index is 0.00000108. The first-order valence-electron chi connectivity index (χ1n) is 6.04. The molecule has 92 valence electrons. The van der Waals surface area contributed by atoms with Gasteiger partial charge in [-0.15, -0.1) is 12.4 Å². The van der Waals surface area contributed by atoms with Crippen molar-refractivity contribution in [3.63, 3.8) is 0 Å². The topological polar surface area (TPSA) is 50.4 Å². The molecule has 0 amide bonds. The minimum absolute atomic E-state index is 0. The quantitative estimate of drug-likeness (QED) is 0.806. The number of rotatable bonds is 1. The first-order chi connectivity index (χ1) is 7.84. The number of hydrogen-bond acceptors (Lipinski definition) is 3. The van der Waals surface area contributed by atoms with Gasteiger partial charge >= 0.3 is 0 Å². The summed E-state index contributed by atoms with van der Waals surface area (Å²) in [7, 11) is 0. The second-order valence-electron chi connectivity index (χ2n) is 4.69. The van der Waals surface area contributed by atoms with E-state index in [9.17, 15) is 0 Å². The number of nitrogens with two attached hydrogens (primary N) is 1.